The average Bonchev–Trinajstić information content (AvgIpc) is 2.44. The smallest absolute Gasteiger partial charge is 0.182 e. The highest BCUT2D eigenvalue weighted by Gasteiger charge is 2.44. The van der Waals surface area contributed by atoms with Crippen LogP contribution in [0.15, 0.2) is 27.6 Å². The van der Waals surface area contributed by atoms with Crippen LogP contribution in [0.2, 0.25) is 0 Å². The molecular formula is C12H15BrO2S. The summed E-state index contributed by atoms with van der Waals surface area (Å²) in [6.07, 6.45) is 0. The number of rotatable bonds is 0. The molecule has 0 bridgehead atoms. The van der Waals surface area contributed by atoms with E-state index in [2.05, 4.69) is 15.9 Å². The number of carbonyl (C=O) groups is 1. The second-order valence-electron chi connectivity index (χ2n) is 3.75. The molecule has 0 spiro atoms. The Hall–Kier alpha value is -0.480. The summed E-state index contributed by atoms with van der Waals surface area (Å²) in [5, 5.41) is 0. The van der Waals surface area contributed by atoms with Crippen molar-refractivity contribution in [2.75, 3.05) is 0 Å². The number of hydrogen-bond donors (Lipinski definition) is 0. The van der Waals surface area contributed by atoms with Crippen molar-refractivity contribution in [2.45, 2.75) is 37.3 Å². The molecule has 1 aliphatic heterocycles. The fourth-order valence-corrected chi connectivity index (χ4v) is 3.26. The second-order valence-corrected chi connectivity index (χ2v) is 6.66. The average molecular weight is 303 g/mol. The minimum absolute atomic E-state index is 0.0351. The number of benzene rings is 1. The Labute approximate surface area is 107 Å². The third-order valence-corrected chi connectivity index (χ3v) is 4.76. The van der Waals surface area contributed by atoms with Gasteiger partial charge in [-0.15, -0.1) is 0 Å². The fourth-order valence-electron chi connectivity index (χ4n) is 1.52. The maximum atomic E-state index is 11.9. The Balaban J connectivity index is 0.000000606. The molecule has 0 aliphatic carbocycles. The highest BCUT2D eigenvalue weighted by molar-refractivity contribution is 9.10. The van der Waals surface area contributed by atoms with E-state index in [1.807, 2.05) is 19.9 Å². The predicted molar refractivity (Wildman–Crippen MR) is 70.3 cm³/mol. The summed E-state index contributed by atoms with van der Waals surface area (Å²) in [6, 6.07) is 5.30. The van der Waals surface area contributed by atoms with E-state index in [-0.39, 0.29) is 5.78 Å². The third kappa shape index (κ3) is 2.00. The lowest BCUT2D eigenvalue weighted by atomic mass is 10.0. The van der Waals surface area contributed by atoms with E-state index in [1.165, 1.54) is 0 Å². The van der Waals surface area contributed by atoms with E-state index in [0.29, 0.717) is 10.5 Å². The van der Waals surface area contributed by atoms with Crippen molar-refractivity contribution in [1.29, 1.82) is 0 Å². The number of ketones is 1. The van der Waals surface area contributed by atoms with Gasteiger partial charge in [0, 0.05) is 10.0 Å². The van der Waals surface area contributed by atoms with Gasteiger partial charge in [-0.05, 0) is 32.0 Å². The molecule has 0 radical (unpaired) electrons. The molecule has 1 aromatic carbocycles. The molecule has 88 valence electrons. The molecule has 1 unspecified atom stereocenters. The molecule has 2 rings (SSSR count). The quantitative estimate of drug-likeness (QED) is 0.734. The minimum atomic E-state index is -1.22. The summed E-state index contributed by atoms with van der Waals surface area (Å²) in [6.45, 7) is 7.44. The van der Waals surface area contributed by atoms with E-state index in [4.69, 9.17) is 0 Å². The van der Waals surface area contributed by atoms with Gasteiger partial charge in [-0.25, -0.2) is 0 Å². The van der Waals surface area contributed by atoms with Gasteiger partial charge in [-0.3, -0.25) is 9.00 Å². The van der Waals surface area contributed by atoms with Gasteiger partial charge in [-0.1, -0.05) is 29.8 Å². The largest absolute Gasteiger partial charge is 0.292 e. The van der Waals surface area contributed by atoms with E-state index >= 15 is 0 Å². The number of carbonyl (C=O) groups excluding carboxylic acids is 1. The first kappa shape index (κ1) is 13.6. The van der Waals surface area contributed by atoms with Crippen molar-refractivity contribution in [3.8, 4) is 0 Å². The molecule has 0 aromatic heterocycles. The molecule has 1 aromatic rings. The zero-order valence-electron chi connectivity index (χ0n) is 9.83. The van der Waals surface area contributed by atoms with Gasteiger partial charge in [0.15, 0.2) is 5.78 Å². The van der Waals surface area contributed by atoms with Crippen LogP contribution in [0.5, 0.6) is 0 Å². The molecule has 1 atom stereocenters. The van der Waals surface area contributed by atoms with Crippen molar-refractivity contribution >= 4 is 32.5 Å². The maximum absolute atomic E-state index is 11.9. The number of halogens is 1. The summed E-state index contributed by atoms with van der Waals surface area (Å²) in [5.41, 5.74) is 0.586. The normalized spacial score (nSPS) is 21.1. The summed E-state index contributed by atoms with van der Waals surface area (Å²) >= 11 is 3.30. The first-order valence-corrected chi connectivity index (χ1v) is 7.15. The zero-order valence-corrected chi connectivity index (χ0v) is 12.2. The Morgan fingerprint density at radius 3 is 2.38 bits per heavy atom. The van der Waals surface area contributed by atoms with Gasteiger partial charge in [0.1, 0.15) is 4.75 Å². The Morgan fingerprint density at radius 2 is 1.81 bits per heavy atom. The van der Waals surface area contributed by atoms with Crippen molar-refractivity contribution in [1.82, 2.24) is 0 Å². The fraction of sp³-hybridized carbons (Fsp3) is 0.417. The van der Waals surface area contributed by atoms with Crippen LogP contribution in [0.1, 0.15) is 38.1 Å². The minimum Gasteiger partial charge on any atom is -0.292 e. The van der Waals surface area contributed by atoms with E-state index in [9.17, 15) is 9.00 Å². The van der Waals surface area contributed by atoms with Gasteiger partial charge in [0.2, 0.25) is 0 Å². The van der Waals surface area contributed by atoms with E-state index in [0.717, 1.165) is 4.47 Å². The maximum Gasteiger partial charge on any atom is 0.182 e. The molecule has 1 aliphatic rings. The summed E-state index contributed by atoms with van der Waals surface area (Å²) < 4.78 is 12.0. The van der Waals surface area contributed by atoms with Crippen LogP contribution in [-0.4, -0.2) is 14.7 Å². The first-order valence-electron chi connectivity index (χ1n) is 5.21. The molecule has 0 amide bonds. The monoisotopic (exact) mass is 302 g/mol. The van der Waals surface area contributed by atoms with Gasteiger partial charge >= 0.3 is 0 Å². The van der Waals surface area contributed by atoms with Gasteiger partial charge in [0.25, 0.3) is 0 Å². The van der Waals surface area contributed by atoms with Crippen LogP contribution in [0.4, 0.5) is 0 Å². The summed E-state index contributed by atoms with van der Waals surface area (Å²) in [5.74, 6) is -0.0351. The Bertz CT molecular complexity index is 452. The van der Waals surface area contributed by atoms with Crippen LogP contribution in [0.3, 0.4) is 0 Å². The van der Waals surface area contributed by atoms with E-state index in [1.54, 1.807) is 26.0 Å². The molecule has 2 nitrogen and oxygen atoms in total. The van der Waals surface area contributed by atoms with Crippen molar-refractivity contribution in [3.05, 3.63) is 28.2 Å². The highest BCUT2D eigenvalue weighted by atomic mass is 79.9. The summed E-state index contributed by atoms with van der Waals surface area (Å²) in [4.78, 5) is 12.5. The van der Waals surface area contributed by atoms with Crippen LogP contribution in [-0.2, 0) is 10.8 Å². The SMILES string of the molecule is CC.CC1(C)C(=O)c2cc(Br)ccc2S1=O. The van der Waals surface area contributed by atoms with Crippen molar-refractivity contribution < 1.29 is 9.00 Å². The van der Waals surface area contributed by atoms with Crippen LogP contribution >= 0.6 is 15.9 Å². The molecule has 0 N–H and O–H groups in total. The molecule has 0 saturated heterocycles. The first-order chi connectivity index (χ1) is 7.44. The molecule has 16 heavy (non-hydrogen) atoms. The zero-order chi connectivity index (χ0) is 12.5. The second kappa shape index (κ2) is 4.80. The molecular weight excluding hydrogens is 288 g/mol. The van der Waals surface area contributed by atoms with Crippen molar-refractivity contribution in [3.63, 3.8) is 0 Å². The van der Waals surface area contributed by atoms with Gasteiger partial charge in [0.05, 0.1) is 15.7 Å². The highest BCUT2D eigenvalue weighted by Crippen LogP contribution is 2.36. The number of hydrogen-bond acceptors (Lipinski definition) is 2. The molecule has 0 saturated carbocycles. The molecule has 0 fully saturated rings. The predicted octanol–water partition coefficient (Wildman–Crippen LogP) is 3.56. The third-order valence-electron chi connectivity index (χ3n) is 2.40. The lowest BCUT2D eigenvalue weighted by molar-refractivity contribution is 0.0960. The number of fused-ring (bicyclic) bond motifs is 1. The topological polar surface area (TPSA) is 34.1 Å². The molecule has 4 heteroatoms. The summed E-state index contributed by atoms with van der Waals surface area (Å²) in [7, 11) is -1.22. The van der Waals surface area contributed by atoms with E-state index < -0.39 is 15.5 Å². The lowest BCUT2D eigenvalue weighted by Gasteiger charge is -2.12. The molecule has 1 heterocycles. The van der Waals surface area contributed by atoms with Gasteiger partial charge < -0.3 is 0 Å². The Kier molecular flexibility index (Phi) is 4.07. The van der Waals surface area contributed by atoms with Crippen molar-refractivity contribution in [2.24, 2.45) is 0 Å². The lowest BCUT2D eigenvalue weighted by Crippen LogP contribution is -2.29. The van der Waals surface area contributed by atoms with Crippen LogP contribution < -0.4 is 0 Å². The van der Waals surface area contributed by atoms with Crippen LogP contribution in [0.25, 0.3) is 0 Å². The van der Waals surface area contributed by atoms with Gasteiger partial charge in [-0.2, -0.15) is 0 Å². The standard InChI is InChI=1S/C10H9BrO2S.C2H6/c1-10(2)9(12)7-5-6(11)3-4-8(7)14(10)13;1-2/h3-5H,1-2H3;1-2H3. The van der Waals surface area contributed by atoms with Crippen LogP contribution in [0, 0.1) is 0 Å². The number of Topliss-reactive ketones (excluding diaryl/α,β-unsaturated/α-hetero) is 1. The Morgan fingerprint density at radius 1 is 1.25 bits per heavy atom.